The zero-order chi connectivity index (χ0) is 18.6. The van der Waals surface area contributed by atoms with Crippen LogP contribution in [-0.4, -0.2) is 40.8 Å². The van der Waals surface area contributed by atoms with Crippen molar-refractivity contribution < 1.29 is 4.79 Å². The number of anilines is 1. The van der Waals surface area contributed by atoms with Gasteiger partial charge >= 0.3 is 6.03 Å². The molecule has 4 rings (SSSR count). The highest BCUT2D eigenvalue weighted by Gasteiger charge is 2.30. The van der Waals surface area contributed by atoms with Gasteiger partial charge in [0.05, 0.1) is 17.8 Å². The first-order valence-corrected chi connectivity index (χ1v) is 9.46. The molecule has 140 valence electrons. The molecule has 0 spiro atoms. The number of aromatic nitrogens is 2. The van der Waals surface area contributed by atoms with Gasteiger partial charge in [-0.3, -0.25) is 5.10 Å². The van der Waals surface area contributed by atoms with Crippen molar-refractivity contribution >= 4 is 22.6 Å². The molecule has 2 heterocycles. The van der Waals surface area contributed by atoms with Crippen molar-refractivity contribution in [2.75, 3.05) is 18.9 Å². The van der Waals surface area contributed by atoms with Crippen molar-refractivity contribution in [3.63, 3.8) is 0 Å². The number of carbonyl (C=O) groups is 1. The average Bonchev–Trinajstić information content (AvgIpc) is 3.15. The second-order valence-corrected chi connectivity index (χ2v) is 7.20. The van der Waals surface area contributed by atoms with Crippen LogP contribution in [0, 0.1) is 0 Å². The van der Waals surface area contributed by atoms with E-state index in [-0.39, 0.29) is 12.1 Å². The van der Waals surface area contributed by atoms with E-state index >= 15 is 0 Å². The minimum absolute atomic E-state index is 0.0471. The summed E-state index contributed by atoms with van der Waals surface area (Å²) in [5.41, 5.74) is 2.84. The predicted molar refractivity (Wildman–Crippen MR) is 108 cm³/mol. The van der Waals surface area contributed by atoms with Gasteiger partial charge in [-0.15, -0.1) is 0 Å². The topological polar surface area (TPSA) is 73.1 Å². The summed E-state index contributed by atoms with van der Waals surface area (Å²) in [6, 6.07) is 16.0. The van der Waals surface area contributed by atoms with Crippen LogP contribution in [0.3, 0.4) is 0 Å². The largest absolute Gasteiger partial charge is 0.329 e. The molecule has 3 aromatic rings. The van der Waals surface area contributed by atoms with Gasteiger partial charge in [0.15, 0.2) is 0 Å². The molecule has 2 amide bonds. The zero-order valence-corrected chi connectivity index (χ0v) is 15.5. The number of piperidine rings is 1. The molecule has 1 aromatic heterocycles. The lowest BCUT2D eigenvalue weighted by Crippen LogP contribution is -2.47. The van der Waals surface area contributed by atoms with Crippen molar-refractivity contribution in [3.05, 3.63) is 60.3 Å². The minimum Gasteiger partial charge on any atom is -0.329 e. The summed E-state index contributed by atoms with van der Waals surface area (Å²) in [7, 11) is 2.15. The van der Waals surface area contributed by atoms with E-state index in [2.05, 4.69) is 44.9 Å². The molecule has 6 heteroatoms. The summed E-state index contributed by atoms with van der Waals surface area (Å²) in [6.45, 7) is 1.06. The van der Waals surface area contributed by atoms with Gasteiger partial charge in [0, 0.05) is 17.1 Å². The van der Waals surface area contributed by atoms with Crippen LogP contribution in [0.2, 0.25) is 0 Å². The van der Waals surface area contributed by atoms with Crippen molar-refractivity contribution in [2.24, 2.45) is 0 Å². The Morgan fingerprint density at radius 3 is 2.89 bits per heavy atom. The first-order valence-electron chi connectivity index (χ1n) is 9.46. The van der Waals surface area contributed by atoms with E-state index in [1.807, 2.05) is 36.4 Å². The number of nitrogens with one attached hydrogen (secondary N) is 3. The summed E-state index contributed by atoms with van der Waals surface area (Å²) < 4.78 is 0. The fraction of sp³-hybridized carbons (Fsp3) is 0.333. The van der Waals surface area contributed by atoms with Crippen molar-refractivity contribution in [2.45, 2.75) is 31.3 Å². The number of amides is 2. The van der Waals surface area contributed by atoms with Gasteiger partial charge < -0.3 is 15.5 Å². The number of hydrogen-bond donors (Lipinski definition) is 3. The highest BCUT2D eigenvalue weighted by atomic mass is 16.2. The fourth-order valence-electron chi connectivity index (χ4n) is 3.91. The SMILES string of the molecule is CN1CCCC[C@@H]1[C@@H](NC(=O)Nc1ccc2[nH]ncc2c1)c1ccccc1. The quantitative estimate of drug-likeness (QED) is 0.658. The Labute approximate surface area is 159 Å². The van der Waals surface area contributed by atoms with Crippen LogP contribution < -0.4 is 10.6 Å². The second kappa shape index (κ2) is 7.80. The monoisotopic (exact) mass is 363 g/mol. The zero-order valence-electron chi connectivity index (χ0n) is 15.5. The molecular formula is C21H25N5O. The molecule has 27 heavy (non-hydrogen) atoms. The van der Waals surface area contributed by atoms with Gasteiger partial charge in [-0.05, 0) is 50.2 Å². The predicted octanol–water partition coefficient (Wildman–Crippen LogP) is 3.91. The Morgan fingerprint density at radius 2 is 2.07 bits per heavy atom. The molecule has 0 radical (unpaired) electrons. The average molecular weight is 363 g/mol. The number of H-pyrrole nitrogens is 1. The highest BCUT2D eigenvalue weighted by molar-refractivity contribution is 5.92. The third-order valence-corrected chi connectivity index (χ3v) is 5.35. The maximum Gasteiger partial charge on any atom is 0.319 e. The van der Waals surface area contributed by atoms with Crippen molar-refractivity contribution in [1.29, 1.82) is 0 Å². The smallest absolute Gasteiger partial charge is 0.319 e. The van der Waals surface area contributed by atoms with Gasteiger partial charge in [0.1, 0.15) is 0 Å². The number of hydrogen-bond acceptors (Lipinski definition) is 3. The summed E-state index contributed by atoms with van der Waals surface area (Å²) in [5, 5.41) is 14.1. The molecule has 2 aromatic carbocycles. The number of rotatable bonds is 4. The Hall–Kier alpha value is -2.86. The van der Waals surface area contributed by atoms with E-state index in [0.29, 0.717) is 6.04 Å². The summed E-state index contributed by atoms with van der Waals surface area (Å²) in [4.78, 5) is 15.1. The number of likely N-dealkylation sites (tertiary alicyclic amines) is 1. The maximum absolute atomic E-state index is 12.8. The van der Waals surface area contributed by atoms with E-state index < -0.39 is 0 Å². The molecule has 0 unspecified atom stereocenters. The Morgan fingerprint density at radius 1 is 1.22 bits per heavy atom. The van der Waals surface area contributed by atoms with Crippen molar-refractivity contribution in [1.82, 2.24) is 20.4 Å². The van der Waals surface area contributed by atoms with Crippen LogP contribution in [0.15, 0.2) is 54.7 Å². The van der Waals surface area contributed by atoms with Crippen LogP contribution >= 0.6 is 0 Å². The number of fused-ring (bicyclic) bond motifs is 1. The molecule has 6 nitrogen and oxygen atoms in total. The van der Waals surface area contributed by atoms with Gasteiger partial charge in [0.2, 0.25) is 0 Å². The number of carbonyl (C=O) groups excluding carboxylic acids is 1. The van der Waals surface area contributed by atoms with E-state index in [0.717, 1.165) is 35.1 Å². The molecule has 0 aliphatic carbocycles. The summed E-state index contributed by atoms with van der Waals surface area (Å²) in [6.07, 6.45) is 5.24. The van der Waals surface area contributed by atoms with Crippen LogP contribution in [0.5, 0.6) is 0 Å². The van der Waals surface area contributed by atoms with Crippen LogP contribution in [0.4, 0.5) is 10.5 Å². The summed E-state index contributed by atoms with van der Waals surface area (Å²) in [5.74, 6) is 0. The molecule has 0 bridgehead atoms. The number of aromatic amines is 1. The third-order valence-electron chi connectivity index (χ3n) is 5.35. The summed E-state index contributed by atoms with van der Waals surface area (Å²) >= 11 is 0. The second-order valence-electron chi connectivity index (χ2n) is 7.20. The Bertz CT molecular complexity index is 907. The Balaban J connectivity index is 1.52. The Kier molecular flexibility index (Phi) is 5.07. The van der Waals surface area contributed by atoms with E-state index in [9.17, 15) is 4.79 Å². The van der Waals surface area contributed by atoms with Crippen molar-refractivity contribution in [3.8, 4) is 0 Å². The van der Waals surface area contributed by atoms with Crippen LogP contribution in [0.1, 0.15) is 30.9 Å². The van der Waals surface area contributed by atoms with Gasteiger partial charge in [0.25, 0.3) is 0 Å². The van der Waals surface area contributed by atoms with Gasteiger partial charge in [-0.25, -0.2) is 4.79 Å². The molecule has 1 saturated heterocycles. The molecule has 2 atom stereocenters. The fourth-order valence-corrected chi connectivity index (χ4v) is 3.91. The lowest BCUT2D eigenvalue weighted by Gasteiger charge is -2.38. The molecule has 1 aliphatic rings. The van der Waals surface area contributed by atoms with E-state index in [4.69, 9.17) is 0 Å². The highest BCUT2D eigenvalue weighted by Crippen LogP contribution is 2.28. The number of likely N-dealkylation sites (N-methyl/N-ethyl adjacent to an activating group) is 1. The normalized spacial score (nSPS) is 18.9. The maximum atomic E-state index is 12.8. The van der Waals surface area contributed by atoms with Crippen LogP contribution in [-0.2, 0) is 0 Å². The molecule has 0 saturated carbocycles. The lowest BCUT2D eigenvalue weighted by molar-refractivity contribution is 0.147. The van der Waals surface area contributed by atoms with E-state index in [1.165, 1.54) is 12.8 Å². The first kappa shape index (κ1) is 17.5. The van der Waals surface area contributed by atoms with E-state index in [1.54, 1.807) is 6.20 Å². The first-order chi connectivity index (χ1) is 13.2. The minimum atomic E-state index is -0.189. The molecule has 3 N–H and O–H groups in total. The third kappa shape index (κ3) is 3.95. The molecule has 1 aliphatic heterocycles. The van der Waals surface area contributed by atoms with Crippen LogP contribution in [0.25, 0.3) is 10.9 Å². The lowest BCUT2D eigenvalue weighted by atomic mass is 9.91. The standard InChI is InChI=1S/C21H25N5O/c1-26-12-6-5-9-19(26)20(15-7-3-2-4-8-15)24-21(27)23-17-10-11-18-16(13-17)14-22-25-18/h2-4,7-8,10-11,13-14,19-20H,5-6,9,12H2,1H3,(H,22,25)(H2,23,24,27)/t19-,20+/m1/s1. The number of benzene rings is 2. The molecular weight excluding hydrogens is 338 g/mol. The van der Waals surface area contributed by atoms with Gasteiger partial charge in [-0.2, -0.15) is 5.10 Å². The number of nitrogens with zero attached hydrogens (tertiary/aromatic N) is 2. The van der Waals surface area contributed by atoms with Gasteiger partial charge in [-0.1, -0.05) is 36.8 Å². The molecule has 1 fully saturated rings. The number of urea groups is 1.